The van der Waals surface area contributed by atoms with Gasteiger partial charge in [0.25, 0.3) is 5.91 Å². The second-order valence-electron chi connectivity index (χ2n) is 8.84. The zero-order valence-electron chi connectivity index (χ0n) is 17.4. The topological polar surface area (TPSA) is 95.9 Å². The van der Waals surface area contributed by atoms with Crippen molar-refractivity contribution < 1.29 is 19.4 Å². The van der Waals surface area contributed by atoms with Crippen molar-refractivity contribution in [1.82, 2.24) is 19.8 Å². The molecular weight excluding hydrogens is 360 g/mol. The van der Waals surface area contributed by atoms with Gasteiger partial charge in [-0.2, -0.15) is 0 Å². The summed E-state index contributed by atoms with van der Waals surface area (Å²) in [5.41, 5.74) is -1.58. The molecular formula is C20H30N4O4. The predicted octanol–water partition coefficient (Wildman–Crippen LogP) is 2.29. The number of likely N-dealkylation sites (tertiary alicyclic amines) is 2. The van der Waals surface area contributed by atoms with Crippen LogP contribution in [0.3, 0.4) is 0 Å². The summed E-state index contributed by atoms with van der Waals surface area (Å²) in [6, 6.07) is 0.641. The molecule has 154 valence electrons. The minimum Gasteiger partial charge on any atom is -0.444 e. The molecule has 28 heavy (non-hydrogen) atoms. The fourth-order valence-corrected chi connectivity index (χ4v) is 4.49. The fraction of sp³-hybridized carbons (Fsp3) is 0.700. The van der Waals surface area contributed by atoms with E-state index in [4.69, 9.17) is 4.74 Å². The number of aliphatic hydroxyl groups excluding tert-OH is 1. The highest BCUT2D eigenvalue weighted by atomic mass is 16.6. The smallest absolute Gasteiger partial charge is 0.411 e. The Morgan fingerprint density at radius 3 is 2.43 bits per heavy atom. The highest BCUT2D eigenvalue weighted by molar-refractivity contribution is 5.98. The van der Waals surface area contributed by atoms with Crippen molar-refractivity contribution in [1.29, 1.82) is 0 Å². The number of rotatable bonds is 3. The molecule has 0 aromatic carbocycles. The summed E-state index contributed by atoms with van der Waals surface area (Å²) in [7, 11) is 0. The van der Waals surface area contributed by atoms with Crippen LogP contribution in [0, 0.1) is 0 Å². The van der Waals surface area contributed by atoms with Gasteiger partial charge in [0.1, 0.15) is 17.2 Å². The number of hydrogen-bond donors (Lipinski definition) is 1. The monoisotopic (exact) mass is 390 g/mol. The van der Waals surface area contributed by atoms with E-state index in [1.807, 2.05) is 34.6 Å². The Kier molecular flexibility index (Phi) is 5.12. The molecule has 3 unspecified atom stereocenters. The van der Waals surface area contributed by atoms with E-state index >= 15 is 0 Å². The Morgan fingerprint density at radius 1 is 1.32 bits per heavy atom. The summed E-state index contributed by atoms with van der Waals surface area (Å²) in [6.45, 7) is 10.9. The second kappa shape index (κ2) is 6.99. The quantitative estimate of drug-likeness (QED) is 0.796. The maximum atomic E-state index is 13.5. The number of carbonyl (C=O) groups is 2. The van der Waals surface area contributed by atoms with Crippen LogP contribution < -0.4 is 0 Å². The van der Waals surface area contributed by atoms with E-state index in [1.54, 1.807) is 35.2 Å². The van der Waals surface area contributed by atoms with Gasteiger partial charge < -0.3 is 14.7 Å². The molecule has 3 heterocycles. The van der Waals surface area contributed by atoms with E-state index in [9.17, 15) is 14.7 Å². The molecule has 2 saturated heterocycles. The number of carbonyl (C=O) groups excluding carboxylic acids is 2. The van der Waals surface area contributed by atoms with Crippen LogP contribution in [0.5, 0.6) is 0 Å². The Morgan fingerprint density at radius 2 is 1.93 bits per heavy atom. The summed E-state index contributed by atoms with van der Waals surface area (Å²) < 4.78 is 5.59. The Balaban J connectivity index is 1.92. The van der Waals surface area contributed by atoms with Crippen LogP contribution in [0.1, 0.15) is 66.3 Å². The van der Waals surface area contributed by atoms with Crippen molar-refractivity contribution in [2.24, 2.45) is 0 Å². The van der Waals surface area contributed by atoms with Gasteiger partial charge in [-0.25, -0.2) is 14.8 Å². The molecule has 8 heteroatoms. The molecule has 1 aromatic rings. The summed E-state index contributed by atoms with van der Waals surface area (Å²) in [4.78, 5) is 38.0. The Hall–Kier alpha value is -2.22. The number of ether oxygens (including phenoxy) is 1. The van der Waals surface area contributed by atoms with Gasteiger partial charge in [-0.3, -0.25) is 9.69 Å². The predicted molar refractivity (Wildman–Crippen MR) is 102 cm³/mol. The van der Waals surface area contributed by atoms with Gasteiger partial charge in [0, 0.05) is 18.4 Å². The molecule has 2 aliphatic rings. The number of aromatic nitrogens is 2. The number of nitrogens with zero attached hydrogens (tertiary/aromatic N) is 4. The third-order valence-electron chi connectivity index (χ3n) is 5.72. The lowest BCUT2D eigenvalue weighted by Gasteiger charge is -2.59. The molecule has 2 amide bonds. The summed E-state index contributed by atoms with van der Waals surface area (Å²) >= 11 is 0. The van der Waals surface area contributed by atoms with Crippen LogP contribution in [0.25, 0.3) is 0 Å². The van der Waals surface area contributed by atoms with Gasteiger partial charge in [0.05, 0.1) is 12.1 Å². The van der Waals surface area contributed by atoms with Gasteiger partial charge in [0.15, 0.2) is 5.82 Å². The summed E-state index contributed by atoms with van der Waals surface area (Å²) in [5.74, 6) is 0.205. The third kappa shape index (κ3) is 3.13. The molecule has 1 N–H and O–H groups in total. The van der Waals surface area contributed by atoms with E-state index in [0.29, 0.717) is 12.2 Å². The first-order chi connectivity index (χ1) is 13.0. The first-order valence-electron chi connectivity index (χ1n) is 9.80. The normalized spacial score (nSPS) is 29.6. The first kappa shape index (κ1) is 20.5. The first-order valence-corrected chi connectivity index (χ1v) is 9.80. The van der Waals surface area contributed by atoms with Gasteiger partial charge in [-0.15, -0.1) is 0 Å². The van der Waals surface area contributed by atoms with E-state index < -0.39 is 29.4 Å². The maximum absolute atomic E-state index is 13.5. The lowest BCUT2D eigenvalue weighted by atomic mass is 9.75. The average molecular weight is 390 g/mol. The van der Waals surface area contributed by atoms with E-state index in [2.05, 4.69) is 9.97 Å². The lowest BCUT2D eigenvalue weighted by molar-refractivity contribution is -0.183. The van der Waals surface area contributed by atoms with Crippen molar-refractivity contribution in [3.63, 3.8) is 0 Å². The minimum atomic E-state index is -0.941. The van der Waals surface area contributed by atoms with Crippen molar-refractivity contribution in [3.8, 4) is 0 Å². The molecule has 1 spiro atoms. The number of amides is 2. The average Bonchev–Trinajstić information content (AvgIpc) is 2.97. The highest BCUT2D eigenvalue weighted by Crippen LogP contribution is 2.50. The molecule has 1 aromatic heterocycles. The molecule has 0 saturated carbocycles. The zero-order valence-corrected chi connectivity index (χ0v) is 17.4. The van der Waals surface area contributed by atoms with Crippen LogP contribution >= 0.6 is 0 Å². The second-order valence-corrected chi connectivity index (χ2v) is 8.84. The fourth-order valence-electron chi connectivity index (χ4n) is 4.49. The molecule has 5 atom stereocenters. The molecule has 8 nitrogen and oxygen atoms in total. The summed E-state index contributed by atoms with van der Waals surface area (Å²) in [6.07, 6.45) is 3.16. The third-order valence-corrected chi connectivity index (χ3v) is 5.72. The van der Waals surface area contributed by atoms with Crippen LogP contribution in [0.15, 0.2) is 18.5 Å². The van der Waals surface area contributed by atoms with Crippen molar-refractivity contribution >= 4 is 12.0 Å². The van der Waals surface area contributed by atoms with Crippen molar-refractivity contribution in [3.05, 3.63) is 24.3 Å². The van der Waals surface area contributed by atoms with Crippen LogP contribution in [-0.4, -0.2) is 66.2 Å². The molecule has 3 rings (SSSR count). The van der Waals surface area contributed by atoms with E-state index in [0.717, 1.165) is 6.42 Å². The molecule has 2 fully saturated rings. The maximum Gasteiger partial charge on any atom is 0.411 e. The van der Waals surface area contributed by atoms with Crippen LogP contribution in [0.2, 0.25) is 0 Å². The zero-order chi connectivity index (χ0) is 20.9. The SMILES string of the molecule is CC1CCC2(C(=O)N([C@H](c3ncccn3)[C@@H](C)O)C2C)N1C(=O)OC(C)(C)C. The Bertz CT molecular complexity index is 748. The number of β-lactam (4-membered cyclic amide) rings is 1. The number of hydrogen-bond acceptors (Lipinski definition) is 6. The molecule has 2 aliphatic heterocycles. The van der Waals surface area contributed by atoms with Crippen LogP contribution in [-0.2, 0) is 9.53 Å². The Labute approximate surface area is 165 Å². The standard InChI is InChI=1S/C20H30N4O4/c1-12-8-9-20(24(12)18(27)28-19(4,5)6)14(3)23(17(20)26)15(13(2)25)16-21-10-7-11-22-16/h7,10-15,25H,8-9H2,1-6H3/t12?,13-,14?,15+,20?/m1/s1. The van der Waals surface area contributed by atoms with Gasteiger partial charge >= 0.3 is 6.09 Å². The number of aliphatic hydroxyl groups is 1. The van der Waals surface area contributed by atoms with E-state index in [-0.39, 0.29) is 18.0 Å². The molecule has 0 bridgehead atoms. The van der Waals surface area contributed by atoms with Gasteiger partial charge in [0.2, 0.25) is 0 Å². The largest absolute Gasteiger partial charge is 0.444 e. The van der Waals surface area contributed by atoms with Gasteiger partial charge in [-0.1, -0.05) is 0 Å². The molecule has 0 aliphatic carbocycles. The van der Waals surface area contributed by atoms with Crippen LogP contribution in [0.4, 0.5) is 4.79 Å². The van der Waals surface area contributed by atoms with Gasteiger partial charge in [-0.05, 0) is 60.5 Å². The van der Waals surface area contributed by atoms with Crippen molar-refractivity contribution in [2.75, 3.05) is 0 Å². The summed E-state index contributed by atoms with van der Waals surface area (Å²) in [5, 5.41) is 10.4. The highest BCUT2D eigenvalue weighted by Gasteiger charge is 2.68. The molecule has 0 radical (unpaired) electrons. The van der Waals surface area contributed by atoms with Crippen molar-refractivity contribution in [2.45, 2.75) is 89.8 Å². The lowest BCUT2D eigenvalue weighted by Crippen LogP contribution is -2.79. The minimum absolute atomic E-state index is 0.0959. The van der Waals surface area contributed by atoms with E-state index in [1.165, 1.54) is 0 Å².